The van der Waals surface area contributed by atoms with Crippen LogP contribution in [0.5, 0.6) is 0 Å². The molecule has 0 unspecified atom stereocenters. The first-order valence-corrected chi connectivity index (χ1v) is 8.97. The summed E-state index contributed by atoms with van der Waals surface area (Å²) in [6.45, 7) is 2.56. The average molecular weight is 338 g/mol. The quantitative estimate of drug-likeness (QED) is 0.850. The first kappa shape index (κ1) is 17.4. The van der Waals surface area contributed by atoms with Gasteiger partial charge in [0, 0.05) is 37.7 Å². The Bertz CT molecular complexity index is 654. The van der Waals surface area contributed by atoms with Crippen LogP contribution in [-0.2, 0) is 4.79 Å². The molecule has 1 aliphatic heterocycles. The van der Waals surface area contributed by atoms with E-state index >= 15 is 0 Å². The van der Waals surface area contributed by atoms with Gasteiger partial charge in [0.05, 0.1) is 0 Å². The van der Waals surface area contributed by atoms with Gasteiger partial charge in [-0.25, -0.2) is 0 Å². The SMILES string of the molecule is N[C@@H](C(=O)N1CCC(CCNc2ccncc2)CC1)c1ccccc1. The van der Waals surface area contributed by atoms with Gasteiger partial charge < -0.3 is 16.0 Å². The summed E-state index contributed by atoms with van der Waals surface area (Å²) in [6.07, 6.45) is 6.80. The number of carbonyl (C=O) groups is 1. The second-order valence-electron chi connectivity index (χ2n) is 6.61. The van der Waals surface area contributed by atoms with E-state index in [9.17, 15) is 4.79 Å². The molecule has 1 atom stereocenters. The Morgan fingerprint density at radius 3 is 2.52 bits per heavy atom. The van der Waals surface area contributed by atoms with Crippen molar-refractivity contribution < 1.29 is 4.79 Å². The van der Waals surface area contributed by atoms with Crippen molar-refractivity contribution in [2.75, 3.05) is 25.0 Å². The number of nitrogens with one attached hydrogen (secondary N) is 1. The maximum Gasteiger partial charge on any atom is 0.244 e. The van der Waals surface area contributed by atoms with Gasteiger partial charge in [-0.1, -0.05) is 30.3 Å². The van der Waals surface area contributed by atoms with E-state index < -0.39 is 6.04 Å². The smallest absolute Gasteiger partial charge is 0.244 e. The van der Waals surface area contributed by atoms with Crippen molar-refractivity contribution in [2.45, 2.75) is 25.3 Å². The van der Waals surface area contributed by atoms with Crippen molar-refractivity contribution in [3.63, 3.8) is 0 Å². The topological polar surface area (TPSA) is 71.2 Å². The van der Waals surface area contributed by atoms with Crippen LogP contribution in [0.3, 0.4) is 0 Å². The number of rotatable bonds is 6. The molecule has 1 aliphatic rings. The number of nitrogens with zero attached hydrogens (tertiary/aromatic N) is 2. The second-order valence-corrected chi connectivity index (χ2v) is 6.61. The van der Waals surface area contributed by atoms with Crippen molar-refractivity contribution >= 4 is 11.6 Å². The molecule has 1 amide bonds. The van der Waals surface area contributed by atoms with Gasteiger partial charge in [-0.05, 0) is 42.9 Å². The normalized spacial score (nSPS) is 16.4. The fraction of sp³-hybridized carbons (Fsp3) is 0.400. The van der Waals surface area contributed by atoms with Crippen LogP contribution in [0.1, 0.15) is 30.9 Å². The van der Waals surface area contributed by atoms with Gasteiger partial charge in [0.15, 0.2) is 0 Å². The Labute approximate surface area is 149 Å². The molecule has 132 valence electrons. The summed E-state index contributed by atoms with van der Waals surface area (Å²) in [5, 5.41) is 3.43. The average Bonchev–Trinajstić information content (AvgIpc) is 2.69. The van der Waals surface area contributed by atoms with E-state index in [0.717, 1.165) is 50.1 Å². The molecule has 1 aromatic carbocycles. The number of piperidine rings is 1. The number of hydrogen-bond donors (Lipinski definition) is 2. The lowest BCUT2D eigenvalue weighted by molar-refractivity contribution is -0.134. The number of anilines is 1. The zero-order valence-electron chi connectivity index (χ0n) is 14.5. The summed E-state index contributed by atoms with van der Waals surface area (Å²) >= 11 is 0. The highest BCUT2D eigenvalue weighted by Gasteiger charge is 2.26. The van der Waals surface area contributed by atoms with Crippen LogP contribution in [0.2, 0.25) is 0 Å². The van der Waals surface area contributed by atoms with E-state index in [2.05, 4.69) is 10.3 Å². The minimum Gasteiger partial charge on any atom is -0.385 e. The largest absolute Gasteiger partial charge is 0.385 e. The summed E-state index contributed by atoms with van der Waals surface area (Å²) in [5.41, 5.74) is 8.14. The Balaban J connectivity index is 1.41. The van der Waals surface area contributed by atoms with Crippen molar-refractivity contribution in [2.24, 2.45) is 11.7 Å². The lowest BCUT2D eigenvalue weighted by Crippen LogP contribution is -2.43. The van der Waals surface area contributed by atoms with E-state index in [4.69, 9.17) is 5.73 Å². The number of nitrogens with two attached hydrogens (primary N) is 1. The van der Waals surface area contributed by atoms with Crippen LogP contribution < -0.4 is 11.1 Å². The summed E-state index contributed by atoms with van der Waals surface area (Å²) in [7, 11) is 0. The zero-order chi connectivity index (χ0) is 17.5. The first-order chi connectivity index (χ1) is 12.2. The molecule has 0 aliphatic carbocycles. The van der Waals surface area contributed by atoms with Gasteiger partial charge in [-0.15, -0.1) is 0 Å². The molecule has 1 fully saturated rings. The fourth-order valence-corrected chi connectivity index (χ4v) is 3.33. The number of carbonyl (C=O) groups excluding carboxylic acids is 1. The molecular formula is C20H26N4O. The molecule has 5 heteroatoms. The number of hydrogen-bond acceptors (Lipinski definition) is 4. The monoisotopic (exact) mass is 338 g/mol. The Hall–Kier alpha value is -2.40. The third-order valence-electron chi connectivity index (χ3n) is 4.91. The lowest BCUT2D eigenvalue weighted by atomic mass is 9.93. The Kier molecular flexibility index (Phi) is 6.01. The van der Waals surface area contributed by atoms with E-state index in [-0.39, 0.29) is 5.91 Å². The molecule has 0 bridgehead atoms. The van der Waals surface area contributed by atoms with Gasteiger partial charge in [-0.2, -0.15) is 0 Å². The molecular weight excluding hydrogens is 312 g/mol. The number of pyridine rings is 1. The summed E-state index contributed by atoms with van der Waals surface area (Å²) < 4.78 is 0. The number of amides is 1. The molecule has 5 nitrogen and oxygen atoms in total. The molecule has 25 heavy (non-hydrogen) atoms. The molecule has 3 N–H and O–H groups in total. The van der Waals surface area contributed by atoms with Crippen LogP contribution in [0.4, 0.5) is 5.69 Å². The van der Waals surface area contributed by atoms with E-state index in [0.29, 0.717) is 5.92 Å². The third-order valence-corrected chi connectivity index (χ3v) is 4.91. The highest BCUT2D eigenvalue weighted by atomic mass is 16.2. The molecule has 1 saturated heterocycles. The Morgan fingerprint density at radius 2 is 1.84 bits per heavy atom. The summed E-state index contributed by atoms with van der Waals surface area (Å²) in [4.78, 5) is 18.5. The van der Waals surface area contributed by atoms with E-state index in [1.807, 2.05) is 47.4 Å². The summed E-state index contributed by atoms with van der Waals surface area (Å²) in [5.74, 6) is 0.700. The van der Waals surface area contributed by atoms with Crippen LogP contribution >= 0.6 is 0 Å². The minimum atomic E-state index is -0.550. The molecule has 2 aromatic rings. The highest BCUT2D eigenvalue weighted by molar-refractivity contribution is 5.83. The molecule has 1 aromatic heterocycles. The van der Waals surface area contributed by atoms with Crippen LogP contribution in [0.25, 0.3) is 0 Å². The van der Waals surface area contributed by atoms with Gasteiger partial charge >= 0.3 is 0 Å². The molecule has 2 heterocycles. The number of benzene rings is 1. The van der Waals surface area contributed by atoms with Crippen molar-refractivity contribution in [1.82, 2.24) is 9.88 Å². The van der Waals surface area contributed by atoms with Crippen LogP contribution in [0.15, 0.2) is 54.9 Å². The number of likely N-dealkylation sites (tertiary alicyclic amines) is 1. The predicted octanol–water partition coefficient (Wildman–Crippen LogP) is 2.82. The first-order valence-electron chi connectivity index (χ1n) is 8.97. The molecule has 0 spiro atoms. The molecule has 0 radical (unpaired) electrons. The maximum absolute atomic E-state index is 12.6. The fourth-order valence-electron chi connectivity index (χ4n) is 3.33. The molecule has 3 rings (SSSR count). The van der Waals surface area contributed by atoms with Crippen LogP contribution in [-0.4, -0.2) is 35.4 Å². The van der Waals surface area contributed by atoms with Gasteiger partial charge in [-0.3, -0.25) is 9.78 Å². The minimum absolute atomic E-state index is 0.0413. The van der Waals surface area contributed by atoms with Crippen molar-refractivity contribution in [3.05, 3.63) is 60.4 Å². The van der Waals surface area contributed by atoms with Crippen LogP contribution in [0, 0.1) is 5.92 Å². The van der Waals surface area contributed by atoms with Crippen molar-refractivity contribution in [3.8, 4) is 0 Å². The Morgan fingerprint density at radius 1 is 1.16 bits per heavy atom. The summed E-state index contributed by atoms with van der Waals surface area (Å²) in [6, 6.07) is 13.0. The van der Waals surface area contributed by atoms with Gasteiger partial charge in [0.25, 0.3) is 0 Å². The maximum atomic E-state index is 12.6. The van der Waals surface area contributed by atoms with Crippen molar-refractivity contribution in [1.29, 1.82) is 0 Å². The third kappa shape index (κ3) is 4.79. The zero-order valence-corrected chi connectivity index (χ0v) is 14.5. The van der Waals surface area contributed by atoms with Gasteiger partial charge in [0.1, 0.15) is 6.04 Å². The number of aromatic nitrogens is 1. The van der Waals surface area contributed by atoms with Gasteiger partial charge in [0.2, 0.25) is 5.91 Å². The van der Waals surface area contributed by atoms with E-state index in [1.54, 1.807) is 12.4 Å². The van der Waals surface area contributed by atoms with E-state index in [1.165, 1.54) is 0 Å². The molecule has 0 saturated carbocycles. The lowest BCUT2D eigenvalue weighted by Gasteiger charge is -2.33. The predicted molar refractivity (Wildman–Crippen MR) is 100 cm³/mol. The second kappa shape index (κ2) is 8.62. The highest BCUT2D eigenvalue weighted by Crippen LogP contribution is 2.23. The standard InChI is InChI=1S/C20H26N4O/c21-19(17-4-2-1-3-5-17)20(25)24-14-9-16(10-15-24)6-13-23-18-7-11-22-12-8-18/h1-5,7-8,11-12,16,19H,6,9-10,13-15,21H2,(H,22,23)/t19-/m1/s1.